The molecule has 1 unspecified atom stereocenters. The molecule has 0 saturated heterocycles. The molecule has 6 heteroatoms. The van der Waals surface area contributed by atoms with Gasteiger partial charge in [0.1, 0.15) is 10.7 Å². The zero-order chi connectivity index (χ0) is 20.0. The van der Waals surface area contributed by atoms with Crippen LogP contribution >= 0.6 is 11.6 Å². The number of pyridine rings is 2. The van der Waals surface area contributed by atoms with Gasteiger partial charge >= 0.3 is 5.56 Å². The van der Waals surface area contributed by atoms with Crippen molar-refractivity contribution in [3.63, 3.8) is 0 Å². The minimum atomic E-state index is -0.0507. The molecule has 5 rings (SSSR count). The highest BCUT2D eigenvalue weighted by molar-refractivity contribution is 6.29. The van der Waals surface area contributed by atoms with Crippen LogP contribution in [0.4, 0.5) is 5.82 Å². The van der Waals surface area contributed by atoms with Crippen molar-refractivity contribution in [2.45, 2.75) is 25.3 Å². The first-order valence-corrected chi connectivity index (χ1v) is 10.0. The molecule has 0 radical (unpaired) electrons. The molecule has 4 aromatic rings. The highest BCUT2D eigenvalue weighted by Gasteiger charge is 2.32. The second-order valence-corrected chi connectivity index (χ2v) is 7.79. The summed E-state index contributed by atoms with van der Waals surface area (Å²) in [4.78, 5) is 17.6. The van der Waals surface area contributed by atoms with E-state index in [1.165, 1.54) is 11.1 Å². The Bertz CT molecular complexity index is 1280. The van der Waals surface area contributed by atoms with Crippen molar-refractivity contribution in [2.24, 2.45) is 0 Å². The van der Waals surface area contributed by atoms with E-state index in [0.29, 0.717) is 23.1 Å². The van der Waals surface area contributed by atoms with Crippen LogP contribution in [0, 0.1) is 0 Å². The molecule has 29 heavy (non-hydrogen) atoms. The largest absolute Gasteiger partial charge is 0.321 e. The molecule has 5 nitrogen and oxygen atoms in total. The van der Waals surface area contributed by atoms with E-state index in [-0.39, 0.29) is 11.5 Å². The zero-order valence-corrected chi connectivity index (χ0v) is 16.5. The van der Waals surface area contributed by atoms with Gasteiger partial charge in [-0.15, -0.1) is 0 Å². The van der Waals surface area contributed by atoms with E-state index in [0.717, 1.165) is 24.1 Å². The molecule has 0 saturated carbocycles. The fraction of sp³-hybridized carbons (Fsp3) is 0.174. The first kappa shape index (κ1) is 17.9. The van der Waals surface area contributed by atoms with Crippen LogP contribution < -0.4 is 15.9 Å². The second-order valence-electron chi connectivity index (χ2n) is 7.40. The third-order valence-corrected chi connectivity index (χ3v) is 5.97. The van der Waals surface area contributed by atoms with Crippen LogP contribution in [0.25, 0.3) is 5.65 Å². The Morgan fingerprint density at radius 1 is 1.14 bits per heavy atom. The number of aryl methyl sites for hydroxylation is 1. The van der Waals surface area contributed by atoms with Crippen LogP contribution in [-0.2, 0) is 13.0 Å². The second kappa shape index (κ2) is 7.01. The third kappa shape index (κ3) is 2.98. The van der Waals surface area contributed by atoms with Gasteiger partial charge in [-0.2, -0.15) is 4.40 Å². The van der Waals surface area contributed by atoms with Crippen molar-refractivity contribution in [3.8, 4) is 0 Å². The molecule has 0 bridgehead atoms. The summed E-state index contributed by atoms with van der Waals surface area (Å²) in [6.07, 6.45) is 5.39. The maximum Gasteiger partial charge on any atom is 0.321 e. The molecule has 0 fully saturated rings. The lowest BCUT2D eigenvalue weighted by Crippen LogP contribution is -2.45. The van der Waals surface area contributed by atoms with Gasteiger partial charge in [0, 0.05) is 23.7 Å². The summed E-state index contributed by atoms with van der Waals surface area (Å²) in [5.74, 6) is 0.517. The molecule has 0 aliphatic heterocycles. The number of halogens is 1. The van der Waals surface area contributed by atoms with E-state index in [1.807, 2.05) is 41.0 Å². The summed E-state index contributed by atoms with van der Waals surface area (Å²) >= 11 is 5.93. The van der Waals surface area contributed by atoms with Crippen LogP contribution in [0.15, 0.2) is 71.8 Å². The normalized spacial score (nSPS) is 15.6. The Morgan fingerprint density at radius 2 is 1.97 bits per heavy atom. The fourth-order valence-electron chi connectivity index (χ4n) is 4.37. The standard InChI is InChI=1S/C23H19ClN4O/c24-19-11-8-15(13-26-19)14-28-20-7-3-4-12-27(20)23(29)21(22(28)25)18-10-9-16-5-1-2-6-17(16)18/h1-8,11-13,18H,9-10,14H2,(H-,25,29)/p+1. The average Bonchev–Trinajstić information content (AvgIpc) is 3.17. The summed E-state index contributed by atoms with van der Waals surface area (Å²) in [6, 6.07) is 17.7. The van der Waals surface area contributed by atoms with E-state index in [4.69, 9.17) is 17.3 Å². The highest BCUT2D eigenvalue weighted by Crippen LogP contribution is 2.38. The summed E-state index contributed by atoms with van der Waals surface area (Å²) in [7, 11) is 0. The number of hydrogen-bond donors (Lipinski definition) is 1. The van der Waals surface area contributed by atoms with E-state index in [9.17, 15) is 4.79 Å². The summed E-state index contributed by atoms with van der Waals surface area (Å²) in [5.41, 5.74) is 11.5. The number of nitrogens with two attached hydrogens (primary N) is 1. The number of nitrogens with zero attached hydrogens (tertiary/aromatic N) is 3. The van der Waals surface area contributed by atoms with Crippen molar-refractivity contribution in [1.29, 1.82) is 0 Å². The van der Waals surface area contributed by atoms with E-state index < -0.39 is 0 Å². The number of hydrogen-bond acceptors (Lipinski definition) is 3. The zero-order valence-electron chi connectivity index (χ0n) is 15.8. The van der Waals surface area contributed by atoms with Crippen LogP contribution in [0.1, 0.15) is 34.6 Å². The Balaban J connectivity index is 1.73. The molecule has 0 amide bonds. The van der Waals surface area contributed by atoms with Gasteiger partial charge in [0.25, 0.3) is 0 Å². The van der Waals surface area contributed by atoms with Gasteiger partial charge < -0.3 is 5.73 Å². The maximum absolute atomic E-state index is 13.4. The first-order chi connectivity index (χ1) is 14.1. The monoisotopic (exact) mass is 403 g/mol. The van der Waals surface area contributed by atoms with Crippen LogP contribution in [0.3, 0.4) is 0 Å². The molecule has 1 atom stereocenters. The van der Waals surface area contributed by atoms with Crippen molar-refractivity contribution >= 4 is 23.1 Å². The van der Waals surface area contributed by atoms with Crippen molar-refractivity contribution in [2.75, 3.05) is 5.73 Å². The minimum Gasteiger partial charge on any atom is -0.318 e. The maximum atomic E-state index is 13.4. The molecule has 144 valence electrons. The van der Waals surface area contributed by atoms with E-state index >= 15 is 0 Å². The van der Waals surface area contributed by atoms with E-state index in [1.54, 1.807) is 22.9 Å². The number of fused-ring (bicyclic) bond motifs is 2. The predicted octanol–water partition coefficient (Wildman–Crippen LogP) is 3.34. The molecule has 0 spiro atoms. The van der Waals surface area contributed by atoms with Crippen molar-refractivity contribution in [3.05, 3.63) is 105 Å². The molecule has 3 aromatic heterocycles. The fourth-order valence-corrected chi connectivity index (χ4v) is 4.48. The smallest absolute Gasteiger partial charge is 0.318 e. The number of rotatable bonds is 3. The van der Waals surface area contributed by atoms with E-state index in [2.05, 4.69) is 17.1 Å². The van der Waals surface area contributed by atoms with Gasteiger partial charge in [-0.3, -0.25) is 0 Å². The molecule has 1 aliphatic carbocycles. The Kier molecular flexibility index (Phi) is 4.32. The number of anilines is 1. The van der Waals surface area contributed by atoms with Crippen LogP contribution in [0.5, 0.6) is 0 Å². The van der Waals surface area contributed by atoms with Gasteiger partial charge in [0.15, 0.2) is 0 Å². The lowest BCUT2D eigenvalue weighted by Gasteiger charge is -2.16. The Morgan fingerprint density at radius 3 is 2.79 bits per heavy atom. The number of benzene rings is 1. The Hall–Kier alpha value is -3.18. The number of nitrogen functional groups attached to an aromatic ring is 1. The lowest BCUT2D eigenvalue weighted by molar-refractivity contribution is -0.651. The SMILES string of the molecule is Nc1c(C2CCc3ccccc32)c(=O)n2ccccc2[n+]1Cc1ccc(Cl)nc1. The van der Waals surface area contributed by atoms with Gasteiger partial charge in [0.05, 0.1) is 12.7 Å². The highest BCUT2D eigenvalue weighted by atomic mass is 35.5. The molecule has 2 N–H and O–H groups in total. The van der Waals surface area contributed by atoms with Gasteiger partial charge in [-0.25, -0.2) is 14.3 Å². The third-order valence-electron chi connectivity index (χ3n) is 5.74. The average molecular weight is 404 g/mol. The van der Waals surface area contributed by atoms with Crippen LogP contribution in [0.2, 0.25) is 5.15 Å². The number of aromatic nitrogens is 3. The van der Waals surface area contributed by atoms with Crippen molar-refractivity contribution < 1.29 is 4.57 Å². The van der Waals surface area contributed by atoms with Gasteiger partial charge in [0.2, 0.25) is 11.5 Å². The minimum absolute atomic E-state index is 0.00500. The summed E-state index contributed by atoms with van der Waals surface area (Å²) < 4.78 is 3.68. The van der Waals surface area contributed by atoms with Crippen molar-refractivity contribution in [1.82, 2.24) is 9.38 Å². The molecular formula is C23H20ClN4O+. The van der Waals surface area contributed by atoms with Gasteiger partial charge in [-0.05, 0) is 36.1 Å². The summed E-state index contributed by atoms with van der Waals surface area (Å²) in [6.45, 7) is 0.505. The molecule has 3 heterocycles. The lowest BCUT2D eigenvalue weighted by atomic mass is 9.94. The molecule has 1 aliphatic rings. The summed E-state index contributed by atoms with van der Waals surface area (Å²) in [5, 5.41) is 0.448. The topological polar surface area (TPSA) is 64.3 Å². The molecular weight excluding hydrogens is 384 g/mol. The quantitative estimate of drug-likeness (QED) is 0.421. The first-order valence-electron chi connectivity index (χ1n) is 9.64. The van der Waals surface area contributed by atoms with Gasteiger partial charge in [-0.1, -0.05) is 48.0 Å². The molecule has 1 aromatic carbocycles. The predicted molar refractivity (Wildman–Crippen MR) is 113 cm³/mol. The Labute approximate surface area is 173 Å². The van der Waals surface area contributed by atoms with Crippen LogP contribution in [-0.4, -0.2) is 9.38 Å².